The topological polar surface area (TPSA) is 0 Å². The average molecular weight is 202 g/mol. The van der Waals surface area contributed by atoms with E-state index in [9.17, 15) is 8.78 Å². The zero-order valence-corrected chi connectivity index (χ0v) is 7.93. The number of halogens is 2. The zero-order valence-electron chi connectivity index (χ0n) is 7.93. The third-order valence-corrected chi connectivity index (χ3v) is 2.89. The fourth-order valence-electron chi connectivity index (χ4n) is 2.22. The molecule has 3 rings (SSSR count). The highest BCUT2D eigenvalue weighted by Gasteiger charge is 2.29. The smallest absolute Gasteiger partial charge is 0.173 e. The molecule has 2 heteroatoms. The molecule has 0 heterocycles. The molecule has 74 valence electrons. The van der Waals surface area contributed by atoms with Gasteiger partial charge in [0.2, 0.25) is 0 Å². The predicted octanol–water partition coefficient (Wildman–Crippen LogP) is 4.02. The molecular weight excluding hydrogens is 194 g/mol. The van der Waals surface area contributed by atoms with Crippen molar-refractivity contribution in [1.82, 2.24) is 0 Å². The van der Waals surface area contributed by atoms with Crippen molar-refractivity contribution in [3.63, 3.8) is 0 Å². The van der Waals surface area contributed by atoms with E-state index in [0.29, 0.717) is 6.42 Å². The Morgan fingerprint density at radius 2 is 1.80 bits per heavy atom. The molecule has 15 heavy (non-hydrogen) atoms. The number of fused-ring (bicyclic) bond motifs is 3. The van der Waals surface area contributed by atoms with Crippen molar-refractivity contribution >= 4 is 11.1 Å². The highest BCUT2D eigenvalue weighted by molar-refractivity contribution is 6.14. The standard InChI is InChI=1S/C13H8F2/c14-13(15)11-7-3-6-10-8-4-1-2-5-9(8)12(10)11/h1-6H,7H2. The van der Waals surface area contributed by atoms with Crippen molar-refractivity contribution in [2.24, 2.45) is 0 Å². The maximum absolute atomic E-state index is 12.7. The number of hydrogen-bond donors (Lipinski definition) is 0. The van der Waals surface area contributed by atoms with Gasteiger partial charge in [0.05, 0.1) is 0 Å². The molecule has 0 nitrogen and oxygen atoms in total. The van der Waals surface area contributed by atoms with Gasteiger partial charge in [-0.2, -0.15) is 8.78 Å². The van der Waals surface area contributed by atoms with Crippen LogP contribution in [0.5, 0.6) is 0 Å². The van der Waals surface area contributed by atoms with Gasteiger partial charge in [-0.25, -0.2) is 0 Å². The Hall–Kier alpha value is -1.70. The first-order valence-corrected chi connectivity index (χ1v) is 4.84. The largest absolute Gasteiger partial charge is 0.274 e. The van der Waals surface area contributed by atoms with Crippen LogP contribution in [0.2, 0.25) is 0 Å². The lowest BCUT2D eigenvalue weighted by atomic mass is 9.74. The van der Waals surface area contributed by atoms with Gasteiger partial charge in [0, 0.05) is 5.57 Å². The molecule has 0 N–H and O–H groups in total. The summed E-state index contributed by atoms with van der Waals surface area (Å²) in [5.41, 5.74) is 3.93. The van der Waals surface area contributed by atoms with E-state index >= 15 is 0 Å². The molecule has 2 aliphatic rings. The van der Waals surface area contributed by atoms with Crippen molar-refractivity contribution < 1.29 is 8.78 Å². The molecule has 0 aliphatic heterocycles. The lowest BCUT2D eigenvalue weighted by molar-refractivity contribution is 0.413. The highest BCUT2D eigenvalue weighted by Crippen LogP contribution is 2.49. The van der Waals surface area contributed by atoms with Gasteiger partial charge in [-0.3, -0.25) is 0 Å². The van der Waals surface area contributed by atoms with Crippen molar-refractivity contribution in [3.05, 3.63) is 59.2 Å². The lowest BCUT2D eigenvalue weighted by Gasteiger charge is -2.29. The van der Waals surface area contributed by atoms with Crippen molar-refractivity contribution in [3.8, 4) is 0 Å². The normalized spacial score (nSPS) is 17.1. The van der Waals surface area contributed by atoms with Crippen LogP contribution in [0.1, 0.15) is 17.5 Å². The van der Waals surface area contributed by atoms with Crippen LogP contribution < -0.4 is 0 Å². The molecule has 0 saturated heterocycles. The molecule has 0 fully saturated rings. The van der Waals surface area contributed by atoms with E-state index in [1.807, 2.05) is 30.3 Å². The SMILES string of the molecule is FC(F)=C1CC=CC2=C1c1ccccc12. The van der Waals surface area contributed by atoms with Crippen molar-refractivity contribution in [2.45, 2.75) is 6.42 Å². The van der Waals surface area contributed by atoms with Crippen LogP contribution in [0.4, 0.5) is 8.78 Å². The van der Waals surface area contributed by atoms with E-state index in [0.717, 1.165) is 22.3 Å². The molecule has 2 aliphatic carbocycles. The summed E-state index contributed by atoms with van der Waals surface area (Å²) >= 11 is 0. The second-order valence-corrected chi connectivity index (χ2v) is 3.68. The second kappa shape index (κ2) is 2.89. The predicted molar refractivity (Wildman–Crippen MR) is 56.3 cm³/mol. The van der Waals surface area contributed by atoms with Crippen molar-refractivity contribution in [1.29, 1.82) is 0 Å². The van der Waals surface area contributed by atoms with Gasteiger partial charge in [-0.1, -0.05) is 36.4 Å². The Kier molecular flexibility index (Phi) is 1.66. The molecule has 1 aromatic rings. The number of hydrogen-bond acceptors (Lipinski definition) is 0. The van der Waals surface area contributed by atoms with E-state index in [1.54, 1.807) is 6.08 Å². The molecule has 1 aromatic carbocycles. The van der Waals surface area contributed by atoms with Crippen LogP contribution in [0.15, 0.2) is 48.1 Å². The monoisotopic (exact) mass is 202 g/mol. The number of allylic oxidation sites excluding steroid dienone is 5. The van der Waals surface area contributed by atoms with Crippen LogP contribution >= 0.6 is 0 Å². The Morgan fingerprint density at radius 3 is 2.53 bits per heavy atom. The van der Waals surface area contributed by atoms with Gasteiger partial charge < -0.3 is 0 Å². The Labute approximate surface area is 86.2 Å². The number of benzene rings is 1. The summed E-state index contributed by atoms with van der Waals surface area (Å²) in [7, 11) is 0. The minimum Gasteiger partial charge on any atom is -0.173 e. The lowest BCUT2D eigenvalue weighted by Crippen LogP contribution is -2.10. The van der Waals surface area contributed by atoms with Crippen LogP contribution in [0, 0.1) is 0 Å². The third kappa shape index (κ3) is 1.05. The van der Waals surface area contributed by atoms with Gasteiger partial charge >= 0.3 is 0 Å². The van der Waals surface area contributed by atoms with Gasteiger partial charge in [0.25, 0.3) is 6.08 Å². The van der Waals surface area contributed by atoms with Gasteiger partial charge in [0.15, 0.2) is 0 Å². The van der Waals surface area contributed by atoms with E-state index in [-0.39, 0.29) is 5.57 Å². The van der Waals surface area contributed by atoms with Crippen LogP contribution in [0.3, 0.4) is 0 Å². The summed E-state index contributed by atoms with van der Waals surface area (Å²) in [5, 5.41) is 0. The molecule has 0 saturated carbocycles. The summed E-state index contributed by atoms with van der Waals surface area (Å²) in [6, 6.07) is 7.68. The van der Waals surface area contributed by atoms with E-state index < -0.39 is 6.08 Å². The van der Waals surface area contributed by atoms with Gasteiger partial charge in [-0.15, -0.1) is 0 Å². The quantitative estimate of drug-likeness (QED) is 0.596. The first-order chi connectivity index (χ1) is 7.29. The Balaban J connectivity index is 2.22. The second-order valence-electron chi connectivity index (χ2n) is 3.68. The summed E-state index contributed by atoms with van der Waals surface area (Å²) < 4.78 is 25.4. The fourth-order valence-corrected chi connectivity index (χ4v) is 2.22. The number of rotatable bonds is 0. The first kappa shape index (κ1) is 8.60. The third-order valence-electron chi connectivity index (χ3n) is 2.89. The summed E-state index contributed by atoms with van der Waals surface area (Å²) in [5.74, 6) is 0. The Morgan fingerprint density at radius 1 is 1.07 bits per heavy atom. The van der Waals surface area contributed by atoms with Crippen LogP contribution in [-0.4, -0.2) is 0 Å². The fraction of sp³-hybridized carbons (Fsp3) is 0.0769. The average Bonchev–Trinajstić information content (AvgIpc) is 2.24. The summed E-state index contributed by atoms with van der Waals surface area (Å²) in [6.45, 7) is 0. The van der Waals surface area contributed by atoms with E-state index in [1.165, 1.54) is 0 Å². The minimum atomic E-state index is -1.55. The van der Waals surface area contributed by atoms with Crippen LogP contribution in [0.25, 0.3) is 11.1 Å². The van der Waals surface area contributed by atoms with Gasteiger partial charge in [-0.05, 0) is 28.7 Å². The summed E-state index contributed by atoms with van der Waals surface area (Å²) in [6.07, 6.45) is 2.52. The highest BCUT2D eigenvalue weighted by atomic mass is 19.3. The van der Waals surface area contributed by atoms with E-state index in [4.69, 9.17) is 0 Å². The molecule has 0 bridgehead atoms. The Bertz CT molecular complexity index is 529. The molecule has 0 radical (unpaired) electrons. The molecule has 0 atom stereocenters. The molecular formula is C13H8F2. The minimum absolute atomic E-state index is 0.186. The first-order valence-electron chi connectivity index (χ1n) is 4.84. The van der Waals surface area contributed by atoms with E-state index in [2.05, 4.69) is 0 Å². The molecule has 0 amide bonds. The van der Waals surface area contributed by atoms with Crippen molar-refractivity contribution in [2.75, 3.05) is 0 Å². The maximum atomic E-state index is 12.7. The molecule has 0 unspecified atom stereocenters. The van der Waals surface area contributed by atoms with Crippen LogP contribution in [-0.2, 0) is 0 Å². The zero-order chi connectivity index (χ0) is 10.4. The summed E-state index contributed by atoms with van der Waals surface area (Å²) in [4.78, 5) is 0. The molecule has 0 aromatic heterocycles. The molecule has 0 spiro atoms. The van der Waals surface area contributed by atoms with Gasteiger partial charge in [0.1, 0.15) is 0 Å². The maximum Gasteiger partial charge on any atom is 0.274 e.